The van der Waals surface area contributed by atoms with Crippen molar-refractivity contribution in [3.05, 3.63) is 24.5 Å². The second-order valence-corrected chi connectivity index (χ2v) is 9.74. The lowest BCUT2D eigenvalue weighted by molar-refractivity contribution is -0.142. The number of fused-ring (bicyclic) bond motifs is 1. The number of nitrogen functional groups attached to an aromatic ring is 1. The molecule has 0 bridgehead atoms. The van der Waals surface area contributed by atoms with E-state index in [2.05, 4.69) is 25.6 Å². The van der Waals surface area contributed by atoms with Gasteiger partial charge >= 0.3 is 5.97 Å². The minimum atomic E-state index is -1.38. The Hall–Kier alpha value is -3.86. The molecular formula is C23H35N9O7. The van der Waals surface area contributed by atoms with Crippen LogP contribution in [0.25, 0.3) is 11.2 Å². The first-order valence-electron chi connectivity index (χ1n) is 12.3. The van der Waals surface area contributed by atoms with E-state index in [0.29, 0.717) is 11.2 Å². The quantitative estimate of drug-likeness (QED) is 0.147. The number of carbonyl (C=O) groups excluding carboxylic acids is 2. The molecule has 2 aromatic heterocycles. The zero-order chi connectivity index (χ0) is 29.0. The second-order valence-electron chi connectivity index (χ2n) is 9.74. The fourth-order valence-corrected chi connectivity index (χ4v) is 3.98. The molecule has 16 nitrogen and oxygen atoms in total. The highest BCUT2D eigenvalue weighted by atomic mass is 16.5. The van der Waals surface area contributed by atoms with Gasteiger partial charge in [-0.05, 0) is 31.8 Å². The normalized spacial score (nSPS) is 23.3. The fraction of sp³-hybridized carbons (Fsp3) is 0.565. The van der Waals surface area contributed by atoms with Crippen LogP contribution in [-0.2, 0) is 19.1 Å². The average Bonchev–Trinajstić information content (AvgIpc) is 3.42. The number of anilines is 1. The van der Waals surface area contributed by atoms with E-state index in [1.54, 1.807) is 13.8 Å². The van der Waals surface area contributed by atoms with E-state index < -0.39 is 60.4 Å². The van der Waals surface area contributed by atoms with E-state index in [-0.39, 0.29) is 30.3 Å². The van der Waals surface area contributed by atoms with Crippen molar-refractivity contribution < 1.29 is 34.4 Å². The molecule has 16 heteroatoms. The summed E-state index contributed by atoms with van der Waals surface area (Å²) >= 11 is 0. The number of carbonyl (C=O) groups is 3. The molecule has 2 amide bonds. The maximum absolute atomic E-state index is 12.6. The summed E-state index contributed by atoms with van der Waals surface area (Å²) in [4.78, 5) is 48.2. The van der Waals surface area contributed by atoms with Crippen LogP contribution < -0.4 is 27.8 Å². The third kappa shape index (κ3) is 6.78. The van der Waals surface area contributed by atoms with Gasteiger partial charge in [0.1, 0.15) is 48.2 Å². The van der Waals surface area contributed by atoms with Crippen LogP contribution in [0.4, 0.5) is 5.82 Å². The molecule has 3 rings (SSSR count). The molecule has 0 radical (unpaired) electrons. The van der Waals surface area contributed by atoms with Gasteiger partial charge in [0.25, 0.3) is 0 Å². The number of nitrogens with one attached hydrogen (secondary N) is 2. The van der Waals surface area contributed by atoms with Crippen molar-refractivity contribution in [1.29, 1.82) is 0 Å². The minimum absolute atomic E-state index is 0.0333. The van der Waals surface area contributed by atoms with E-state index in [9.17, 15) is 24.6 Å². The number of imidazole rings is 1. The topological polar surface area (TPSA) is 267 Å². The SMILES string of the molecule is CC(C)[C@H](NC(=O)C(N)CCC(N)/C=C1/O[C@@H](n2cnc3c(N)ncnc32)[C@H](O)[C@@H]1O)C(=O)N[C@@H](C)C(=O)O. The van der Waals surface area contributed by atoms with Crippen molar-refractivity contribution in [2.45, 2.75) is 76.2 Å². The third-order valence-corrected chi connectivity index (χ3v) is 6.33. The lowest BCUT2D eigenvalue weighted by Crippen LogP contribution is -2.55. The first kappa shape index (κ1) is 29.7. The largest absolute Gasteiger partial charge is 0.480 e. The molecule has 39 heavy (non-hydrogen) atoms. The number of hydrogen-bond donors (Lipinski definition) is 8. The minimum Gasteiger partial charge on any atom is -0.480 e. The highest BCUT2D eigenvalue weighted by Gasteiger charge is 2.42. The summed E-state index contributed by atoms with van der Waals surface area (Å²) < 4.78 is 7.19. The van der Waals surface area contributed by atoms with Crippen LogP contribution in [0, 0.1) is 5.92 Å². The van der Waals surface area contributed by atoms with Crippen molar-refractivity contribution in [3.63, 3.8) is 0 Å². The Bertz CT molecular complexity index is 1230. The summed E-state index contributed by atoms with van der Waals surface area (Å²) in [6.45, 7) is 4.72. The molecule has 1 saturated heterocycles. The number of nitrogens with zero attached hydrogens (tertiary/aromatic N) is 4. The summed E-state index contributed by atoms with van der Waals surface area (Å²) in [5.74, 6) is -2.59. The molecule has 1 aliphatic heterocycles. The van der Waals surface area contributed by atoms with Gasteiger partial charge in [0.05, 0.1) is 6.04 Å². The number of carboxylic acid groups (broad SMARTS) is 1. The van der Waals surface area contributed by atoms with Crippen molar-refractivity contribution >= 4 is 34.8 Å². The summed E-state index contributed by atoms with van der Waals surface area (Å²) in [7, 11) is 0. The smallest absolute Gasteiger partial charge is 0.325 e. The van der Waals surface area contributed by atoms with Crippen LogP contribution in [0.1, 0.15) is 39.8 Å². The number of amides is 2. The van der Waals surface area contributed by atoms with E-state index >= 15 is 0 Å². The molecule has 214 valence electrons. The van der Waals surface area contributed by atoms with Crippen molar-refractivity contribution in [1.82, 2.24) is 30.2 Å². The number of aliphatic carboxylic acids is 1. The number of nitrogens with two attached hydrogens (primary N) is 3. The number of hydrogen-bond acceptors (Lipinski definition) is 12. The van der Waals surface area contributed by atoms with E-state index in [1.807, 2.05) is 0 Å². The number of aromatic nitrogens is 4. The maximum Gasteiger partial charge on any atom is 0.325 e. The van der Waals surface area contributed by atoms with Gasteiger partial charge in [-0.25, -0.2) is 15.0 Å². The molecule has 3 heterocycles. The third-order valence-electron chi connectivity index (χ3n) is 6.33. The van der Waals surface area contributed by atoms with Gasteiger partial charge < -0.3 is 47.9 Å². The number of aliphatic hydroxyl groups excluding tert-OH is 2. The second kappa shape index (κ2) is 12.3. The molecular weight excluding hydrogens is 514 g/mol. The first-order valence-corrected chi connectivity index (χ1v) is 12.3. The van der Waals surface area contributed by atoms with Gasteiger partial charge in [-0.3, -0.25) is 19.0 Å². The van der Waals surface area contributed by atoms with Gasteiger partial charge in [-0.2, -0.15) is 0 Å². The van der Waals surface area contributed by atoms with Gasteiger partial charge in [0, 0.05) is 6.04 Å². The highest BCUT2D eigenvalue weighted by molar-refractivity contribution is 5.91. The fourth-order valence-electron chi connectivity index (χ4n) is 3.98. The molecule has 7 atom stereocenters. The van der Waals surface area contributed by atoms with Crippen LogP contribution in [0.3, 0.4) is 0 Å². The van der Waals surface area contributed by atoms with E-state index in [4.69, 9.17) is 27.0 Å². The molecule has 0 aliphatic carbocycles. The van der Waals surface area contributed by atoms with Gasteiger partial charge in [-0.15, -0.1) is 0 Å². The zero-order valence-electron chi connectivity index (χ0n) is 21.8. The van der Waals surface area contributed by atoms with Crippen molar-refractivity contribution in [2.24, 2.45) is 17.4 Å². The molecule has 0 spiro atoms. The molecule has 2 unspecified atom stereocenters. The zero-order valence-corrected chi connectivity index (χ0v) is 21.8. The van der Waals surface area contributed by atoms with Crippen LogP contribution in [-0.4, -0.2) is 89.0 Å². The van der Waals surface area contributed by atoms with Gasteiger partial charge in [-0.1, -0.05) is 13.8 Å². The predicted octanol–water partition coefficient (Wildman–Crippen LogP) is -2.29. The standard InChI is InChI=1S/C23H35N9O7/c1-9(2)14(21(36)30-10(3)23(37)38)31-20(35)12(25)5-4-11(24)6-13-16(33)17(34)22(39-13)32-8-29-15-18(26)27-7-28-19(15)32/h6-12,14,16-17,22,33-34H,4-5,24-25H2,1-3H3,(H,30,36)(H,31,35)(H,37,38)(H2,26,27,28)/b13-6+/t10-,11?,12?,14-,16+,17+,22+/m0/s1. The summed E-state index contributed by atoms with van der Waals surface area (Å²) in [6.07, 6.45) is 0.588. The Morgan fingerprint density at radius 1 is 1.10 bits per heavy atom. The van der Waals surface area contributed by atoms with E-state index in [1.165, 1.54) is 30.2 Å². The average molecular weight is 550 g/mol. The first-order chi connectivity index (χ1) is 18.3. The Balaban J connectivity index is 1.59. The molecule has 0 saturated carbocycles. The van der Waals surface area contributed by atoms with E-state index in [0.717, 1.165) is 0 Å². The molecule has 0 aromatic carbocycles. The lowest BCUT2D eigenvalue weighted by atomic mass is 10.0. The van der Waals surface area contributed by atoms with Crippen molar-refractivity contribution in [2.75, 3.05) is 5.73 Å². The summed E-state index contributed by atoms with van der Waals surface area (Å²) in [6, 6.07) is -3.82. The number of ether oxygens (including phenoxy) is 1. The number of rotatable bonds is 11. The van der Waals surface area contributed by atoms with Crippen LogP contribution >= 0.6 is 0 Å². The predicted molar refractivity (Wildman–Crippen MR) is 137 cm³/mol. The molecule has 11 N–H and O–H groups in total. The van der Waals surface area contributed by atoms with Crippen LogP contribution in [0.5, 0.6) is 0 Å². The molecule has 1 aliphatic rings. The Kier molecular flexibility index (Phi) is 9.39. The highest BCUT2D eigenvalue weighted by Crippen LogP contribution is 2.34. The number of carboxylic acids is 1. The maximum atomic E-state index is 12.6. The Morgan fingerprint density at radius 2 is 1.79 bits per heavy atom. The van der Waals surface area contributed by atoms with Gasteiger partial charge in [0.2, 0.25) is 18.0 Å². The molecule has 1 fully saturated rings. The number of aliphatic hydroxyl groups is 2. The Morgan fingerprint density at radius 3 is 2.44 bits per heavy atom. The van der Waals surface area contributed by atoms with Crippen molar-refractivity contribution in [3.8, 4) is 0 Å². The van der Waals surface area contributed by atoms with Crippen LogP contribution in [0.2, 0.25) is 0 Å². The van der Waals surface area contributed by atoms with Crippen LogP contribution in [0.15, 0.2) is 24.5 Å². The molecule has 2 aromatic rings. The monoisotopic (exact) mass is 549 g/mol. The Labute approximate surface area is 223 Å². The lowest BCUT2D eigenvalue weighted by Gasteiger charge is -2.24. The summed E-state index contributed by atoms with van der Waals surface area (Å²) in [5, 5.41) is 35.0. The summed E-state index contributed by atoms with van der Waals surface area (Å²) in [5.41, 5.74) is 18.6. The van der Waals surface area contributed by atoms with Gasteiger partial charge in [0.15, 0.2) is 11.5 Å².